The van der Waals surface area contributed by atoms with Gasteiger partial charge >= 0.3 is 0 Å². The van der Waals surface area contributed by atoms with E-state index in [1.807, 2.05) is 0 Å². The van der Waals surface area contributed by atoms with Crippen LogP contribution in [0, 0.1) is 11.8 Å². The van der Waals surface area contributed by atoms with Crippen LogP contribution in [0.4, 0.5) is 0 Å². The van der Waals surface area contributed by atoms with Crippen molar-refractivity contribution in [2.45, 2.75) is 51.0 Å². The van der Waals surface area contributed by atoms with Crippen molar-refractivity contribution < 1.29 is 9.59 Å². The van der Waals surface area contributed by atoms with E-state index < -0.39 is 0 Å². The van der Waals surface area contributed by atoms with Crippen molar-refractivity contribution >= 4 is 11.8 Å². The number of nitrogens with one attached hydrogen (secondary N) is 1. The predicted octanol–water partition coefficient (Wildman–Crippen LogP) is 1.30. The smallest absolute Gasteiger partial charge is 0.233 e. The fourth-order valence-corrected chi connectivity index (χ4v) is 3.77. The molecule has 2 aliphatic heterocycles. The second-order valence-corrected chi connectivity index (χ2v) is 5.90. The van der Waals surface area contributed by atoms with Crippen LogP contribution in [0.2, 0.25) is 0 Å². The molecular formula is C14H22N2O2. The van der Waals surface area contributed by atoms with Crippen LogP contribution in [0.15, 0.2) is 0 Å². The molecule has 2 heterocycles. The number of likely N-dealkylation sites (tertiary alicyclic amines) is 1. The second kappa shape index (κ2) is 5.00. The van der Waals surface area contributed by atoms with Gasteiger partial charge in [0.1, 0.15) is 0 Å². The van der Waals surface area contributed by atoms with Crippen LogP contribution in [0.3, 0.4) is 0 Å². The quantitative estimate of drug-likeness (QED) is 0.714. The summed E-state index contributed by atoms with van der Waals surface area (Å²) in [5.41, 5.74) is 0. The zero-order chi connectivity index (χ0) is 12.5. The van der Waals surface area contributed by atoms with Crippen molar-refractivity contribution in [1.82, 2.24) is 10.2 Å². The lowest BCUT2D eigenvalue weighted by Crippen LogP contribution is -2.45. The monoisotopic (exact) mass is 250 g/mol. The van der Waals surface area contributed by atoms with Gasteiger partial charge < -0.3 is 5.32 Å². The fourth-order valence-electron chi connectivity index (χ4n) is 3.77. The summed E-state index contributed by atoms with van der Waals surface area (Å²) in [5.74, 6) is 0.265. The number of rotatable bonds is 1. The Morgan fingerprint density at radius 1 is 0.889 bits per heavy atom. The summed E-state index contributed by atoms with van der Waals surface area (Å²) in [7, 11) is 0. The predicted molar refractivity (Wildman–Crippen MR) is 67.8 cm³/mol. The van der Waals surface area contributed by atoms with Crippen molar-refractivity contribution in [3.8, 4) is 0 Å². The molecule has 1 N–H and O–H groups in total. The molecule has 0 bridgehead atoms. The summed E-state index contributed by atoms with van der Waals surface area (Å²) in [6.07, 6.45) is 7.30. The number of amides is 2. The third-order valence-corrected chi connectivity index (χ3v) is 4.76. The molecule has 3 atom stereocenters. The van der Waals surface area contributed by atoms with Crippen molar-refractivity contribution in [3.63, 3.8) is 0 Å². The van der Waals surface area contributed by atoms with Crippen LogP contribution in [0.5, 0.6) is 0 Å². The molecule has 0 spiro atoms. The topological polar surface area (TPSA) is 49.4 Å². The van der Waals surface area contributed by atoms with Gasteiger partial charge in [-0.2, -0.15) is 0 Å². The second-order valence-electron chi connectivity index (χ2n) is 5.90. The first-order valence-corrected chi connectivity index (χ1v) is 7.36. The summed E-state index contributed by atoms with van der Waals surface area (Å²) < 4.78 is 0. The molecule has 0 radical (unpaired) electrons. The molecule has 1 saturated carbocycles. The highest BCUT2D eigenvalue weighted by Gasteiger charge is 2.50. The van der Waals surface area contributed by atoms with Gasteiger partial charge in [0.2, 0.25) is 11.8 Å². The first-order valence-electron chi connectivity index (χ1n) is 7.36. The van der Waals surface area contributed by atoms with Gasteiger partial charge in [0.05, 0.1) is 17.9 Å². The zero-order valence-electron chi connectivity index (χ0n) is 10.9. The van der Waals surface area contributed by atoms with Gasteiger partial charge in [0.15, 0.2) is 0 Å². The van der Waals surface area contributed by atoms with E-state index in [0.29, 0.717) is 0 Å². The SMILES string of the molecule is O=C1C2CCCCC2C(=O)N1C1CCCCNC1. The number of nitrogens with zero attached hydrogens (tertiary/aromatic N) is 1. The Bertz CT molecular complexity index is 324. The van der Waals surface area contributed by atoms with Crippen molar-refractivity contribution in [3.05, 3.63) is 0 Å². The van der Waals surface area contributed by atoms with Crippen molar-refractivity contribution in [2.24, 2.45) is 11.8 Å². The minimum absolute atomic E-state index is 0.00880. The van der Waals surface area contributed by atoms with E-state index in [0.717, 1.165) is 58.0 Å². The van der Waals surface area contributed by atoms with E-state index in [1.165, 1.54) is 0 Å². The average Bonchev–Trinajstić information content (AvgIpc) is 2.61. The Morgan fingerprint density at radius 2 is 1.50 bits per heavy atom. The number of carbonyl (C=O) groups is 2. The molecule has 3 rings (SSSR count). The summed E-state index contributed by atoms with van der Waals surface area (Å²) in [5, 5.41) is 3.35. The maximum Gasteiger partial charge on any atom is 0.233 e. The van der Waals surface area contributed by atoms with Gasteiger partial charge in [0.25, 0.3) is 0 Å². The zero-order valence-corrected chi connectivity index (χ0v) is 10.9. The summed E-state index contributed by atoms with van der Waals surface area (Å²) in [6.45, 7) is 1.80. The van der Waals surface area contributed by atoms with E-state index in [1.54, 1.807) is 4.90 Å². The number of hydrogen-bond donors (Lipinski definition) is 1. The molecule has 0 aromatic rings. The van der Waals surface area contributed by atoms with Gasteiger partial charge in [-0.05, 0) is 32.2 Å². The van der Waals surface area contributed by atoms with Gasteiger partial charge in [0, 0.05) is 6.54 Å². The Balaban J connectivity index is 1.78. The minimum Gasteiger partial charge on any atom is -0.315 e. The Labute approximate surface area is 108 Å². The van der Waals surface area contributed by atoms with Crippen LogP contribution >= 0.6 is 0 Å². The first-order chi connectivity index (χ1) is 8.79. The normalized spacial score (nSPS) is 37.6. The number of fused-ring (bicyclic) bond motifs is 1. The molecule has 0 aromatic heterocycles. The van der Waals surface area contributed by atoms with Crippen molar-refractivity contribution in [2.75, 3.05) is 13.1 Å². The average molecular weight is 250 g/mol. The van der Waals surface area contributed by atoms with Crippen LogP contribution < -0.4 is 5.32 Å². The highest BCUT2D eigenvalue weighted by atomic mass is 16.2. The molecule has 3 fully saturated rings. The third-order valence-electron chi connectivity index (χ3n) is 4.76. The molecule has 2 saturated heterocycles. The molecule has 1 aliphatic carbocycles. The highest BCUT2D eigenvalue weighted by Crippen LogP contribution is 2.39. The highest BCUT2D eigenvalue weighted by molar-refractivity contribution is 6.05. The lowest BCUT2D eigenvalue weighted by molar-refractivity contribution is -0.142. The molecule has 4 nitrogen and oxygen atoms in total. The summed E-state index contributed by atoms with van der Waals surface area (Å²) in [4.78, 5) is 26.5. The standard InChI is InChI=1S/C14H22N2O2/c17-13-11-6-1-2-7-12(11)14(18)16(13)10-5-3-4-8-15-9-10/h10-12,15H,1-9H2. The number of hydrogen-bond acceptors (Lipinski definition) is 3. The molecule has 18 heavy (non-hydrogen) atoms. The van der Waals surface area contributed by atoms with Crippen molar-refractivity contribution in [1.29, 1.82) is 0 Å². The largest absolute Gasteiger partial charge is 0.315 e. The fraction of sp³-hybridized carbons (Fsp3) is 0.857. The summed E-state index contributed by atoms with van der Waals surface area (Å²) in [6, 6.07) is 0.109. The van der Waals surface area contributed by atoms with Crippen LogP contribution in [0.25, 0.3) is 0 Å². The molecule has 100 valence electrons. The Kier molecular flexibility index (Phi) is 3.37. The number of imide groups is 1. The van der Waals surface area contributed by atoms with E-state index in [4.69, 9.17) is 0 Å². The molecular weight excluding hydrogens is 228 g/mol. The van der Waals surface area contributed by atoms with E-state index >= 15 is 0 Å². The maximum absolute atomic E-state index is 12.4. The summed E-state index contributed by atoms with van der Waals surface area (Å²) >= 11 is 0. The van der Waals surface area contributed by atoms with Crippen LogP contribution in [-0.2, 0) is 9.59 Å². The van der Waals surface area contributed by atoms with E-state index in [9.17, 15) is 9.59 Å². The first kappa shape index (κ1) is 12.2. The van der Waals surface area contributed by atoms with E-state index in [-0.39, 0.29) is 29.7 Å². The molecule has 0 aromatic carbocycles. The lowest BCUT2D eigenvalue weighted by atomic mass is 9.81. The van der Waals surface area contributed by atoms with E-state index in [2.05, 4.69) is 5.32 Å². The third kappa shape index (κ3) is 1.96. The Morgan fingerprint density at radius 3 is 2.17 bits per heavy atom. The molecule has 3 unspecified atom stereocenters. The Hall–Kier alpha value is -0.900. The number of carbonyl (C=O) groups excluding carboxylic acids is 2. The van der Waals surface area contributed by atoms with Gasteiger partial charge in [-0.1, -0.05) is 19.3 Å². The van der Waals surface area contributed by atoms with Gasteiger partial charge in [-0.15, -0.1) is 0 Å². The minimum atomic E-state index is 0.00880. The maximum atomic E-state index is 12.4. The van der Waals surface area contributed by atoms with Crippen LogP contribution in [0.1, 0.15) is 44.9 Å². The molecule has 3 aliphatic rings. The molecule has 2 amide bonds. The van der Waals surface area contributed by atoms with Gasteiger partial charge in [-0.3, -0.25) is 14.5 Å². The molecule has 4 heteroatoms. The van der Waals surface area contributed by atoms with Gasteiger partial charge in [-0.25, -0.2) is 0 Å². The van der Waals surface area contributed by atoms with Crippen LogP contribution in [-0.4, -0.2) is 35.8 Å². The lowest BCUT2D eigenvalue weighted by Gasteiger charge is -2.25.